The minimum atomic E-state index is 0.491. The van der Waals surface area contributed by atoms with E-state index >= 15 is 0 Å². The van der Waals surface area contributed by atoms with Crippen LogP contribution < -0.4 is 5.32 Å². The second-order valence-corrected chi connectivity index (χ2v) is 6.26. The third kappa shape index (κ3) is 3.69. The first-order valence-electron chi connectivity index (χ1n) is 7.37. The molecule has 3 heteroatoms. The first-order valence-corrected chi connectivity index (χ1v) is 8.25. The van der Waals surface area contributed by atoms with E-state index in [0.29, 0.717) is 6.10 Å². The molecular formula is C17H21NOS. The van der Waals surface area contributed by atoms with E-state index in [-0.39, 0.29) is 0 Å². The van der Waals surface area contributed by atoms with Gasteiger partial charge >= 0.3 is 0 Å². The number of benzene rings is 1. The first-order chi connectivity index (χ1) is 9.92. The Bertz CT molecular complexity index is 517. The summed E-state index contributed by atoms with van der Waals surface area (Å²) in [4.78, 5) is 1.40. The largest absolute Gasteiger partial charge is 0.378 e. The summed E-state index contributed by atoms with van der Waals surface area (Å²) in [7, 11) is 0. The van der Waals surface area contributed by atoms with E-state index in [9.17, 15) is 0 Å². The molecule has 0 bridgehead atoms. The van der Waals surface area contributed by atoms with E-state index in [0.717, 1.165) is 26.1 Å². The lowest BCUT2D eigenvalue weighted by molar-refractivity contribution is 0.104. The molecule has 106 valence electrons. The van der Waals surface area contributed by atoms with Gasteiger partial charge in [0.1, 0.15) is 0 Å². The molecule has 1 aliphatic rings. The summed E-state index contributed by atoms with van der Waals surface area (Å²) in [6, 6.07) is 12.9. The van der Waals surface area contributed by atoms with Crippen LogP contribution >= 0.6 is 11.3 Å². The average molecular weight is 287 g/mol. The van der Waals surface area contributed by atoms with Crippen LogP contribution in [-0.2, 0) is 11.3 Å². The molecule has 1 aliphatic heterocycles. The number of rotatable bonds is 6. The fourth-order valence-corrected chi connectivity index (χ4v) is 3.46. The third-order valence-corrected chi connectivity index (χ3v) is 4.66. The van der Waals surface area contributed by atoms with E-state index in [1.165, 1.54) is 28.8 Å². The highest BCUT2D eigenvalue weighted by atomic mass is 32.1. The lowest BCUT2D eigenvalue weighted by Crippen LogP contribution is -2.19. The molecule has 1 fully saturated rings. The predicted octanol–water partition coefficient (Wildman–Crippen LogP) is 4.07. The lowest BCUT2D eigenvalue weighted by Gasteiger charge is -2.09. The zero-order valence-corrected chi connectivity index (χ0v) is 12.5. The van der Waals surface area contributed by atoms with Crippen LogP contribution in [0.1, 0.15) is 24.1 Å². The SMILES string of the molecule is c1ccc(-c2csc(CNCCC3CCCO3)c2)cc1. The standard InChI is InChI=1S/C17H21NOS/c1-2-5-14(6-3-1)15-11-17(20-13-15)12-18-9-8-16-7-4-10-19-16/h1-3,5-6,11,13,16,18H,4,7-10,12H2. The maximum absolute atomic E-state index is 5.63. The van der Waals surface area contributed by atoms with Gasteiger partial charge in [0.15, 0.2) is 0 Å². The van der Waals surface area contributed by atoms with Gasteiger partial charge in [0, 0.05) is 18.0 Å². The van der Waals surface area contributed by atoms with Crippen molar-refractivity contribution >= 4 is 11.3 Å². The van der Waals surface area contributed by atoms with Gasteiger partial charge in [-0.25, -0.2) is 0 Å². The van der Waals surface area contributed by atoms with Crippen molar-refractivity contribution in [3.05, 3.63) is 46.7 Å². The van der Waals surface area contributed by atoms with E-state index < -0.39 is 0 Å². The molecule has 0 saturated carbocycles. The van der Waals surface area contributed by atoms with Crippen molar-refractivity contribution in [1.29, 1.82) is 0 Å². The summed E-state index contributed by atoms with van der Waals surface area (Å²) < 4.78 is 5.63. The minimum Gasteiger partial charge on any atom is -0.378 e. The summed E-state index contributed by atoms with van der Waals surface area (Å²) >= 11 is 1.83. The number of hydrogen-bond donors (Lipinski definition) is 1. The average Bonchev–Trinajstić information content (AvgIpc) is 3.16. The molecule has 1 saturated heterocycles. The van der Waals surface area contributed by atoms with Gasteiger partial charge in [-0.1, -0.05) is 30.3 Å². The molecule has 0 amide bonds. The minimum absolute atomic E-state index is 0.491. The maximum atomic E-state index is 5.63. The summed E-state index contributed by atoms with van der Waals surface area (Å²) in [6.07, 6.45) is 4.09. The molecule has 0 aliphatic carbocycles. The summed E-state index contributed by atoms with van der Waals surface area (Å²) in [5.41, 5.74) is 2.63. The van der Waals surface area contributed by atoms with Gasteiger partial charge < -0.3 is 10.1 Å². The molecule has 0 spiro atoms. The normalized spacial score (nSPS) is 18.5. The van der Waals surface area contributed by atoms with Crippen molar-refractivity contribution in [1.82, 2.24) is 5.32 Å². The van der Waals surface area contributed by atoms with Gasteiger partial charge in [-0.2, -0.15) is 0 Å². The molecule has 1 atom stereocenters. The Kier molecular flexibility index (Phi) is 4.85. The number of thiophene rings is 1. The van der Waals surface area contributed by atoms with Crippen LogP contribution in [0.5, 0.6) is 0 Å². The maximum Gasteiger partial charge on any atom is 0.0588 e. The summed E-state index contributed by atoms with van der Waals surface area (Å²) in [6.45, 7) is 2.96. The topological polar surface area (TPSA) is 21.3 Å². The molecule has 1 aromatic heterocycles. The second kappa shape index (κ2) is 7.02. The van der Waals surface area contributed by atoms with E-state index in [1.807, 2.05) is 11.3 Å². The van der Waals surface area contributed by atoms with Crippen LogP contribution in [0.2, 0.25) is 0 Å². The van der Waals surface area contributed by atoms with Crippen molar-refractivity contribution in [2.75, 3.05) is 13.2 Å². The lowest BCUT2D eigenvalue weighted by atomic mass is 10.1. The monoisotopic (exact) mass is 287 g/mol. The second-order valence-electron chi connectivity index (χ2n) is 5.27. The van der Waals surface area contributed by atoms with Crippen LogP contribution in [0.25, 0.3) is 11.1 Å². The Labute approximate surface area is 124 Å². The van der Waals surface area contributed by atoms with Crippen LogP contribution in [0.15, 0.2) is 41.8 Å². The molecule has 2 heterocycles. The smallest absolute Gasteiger partial charge is 0.0588 e. The highest BCUT2D eigenvalue weighted by molar-refractivity contribution is 7.10. The molecule has 1 unspecified atom stereocenters. The van der Waals surface area contributed by atoms with Gasteiger partial charge in [-0.15, -0.1) is 11.3 Å². The highest BCUT2D eigenvalue weighted by Gasteiger charge is 2.14. The van der Waals surface area contributed by atoms with Crippen molar-refractivity contribution in [2.24, 2.45) is 0 Å². The Morgan fingerprint density at radius 2 is 2.10 bits per heavy atom. The van der Waals surface area contributed by atoms with Crippen molar-refractivity contribution in [2.45, 2.75) is 31.9 Å². The Balaban J connectivity index is 1.45. The van der Waals surface area contributed by atoms with Gasteiger partial charge in [0.25, 0.3) is 0 Å². The highest BCUT2D eigenvalue weighted by Crippen LogP contribution is 2.25. The molecular weight excluding hydrogens is 266 g/mol. The first kappa shape index (κ1) is 13.8. The van der Waals surface area contributed by atoms with Crippen molar-refractivity contribution in [3.63, 3.8) is 0 Å². The zero-order valence-electron chi connectivity index (χ0n) is 11.7. The zero-order chi connectivity index (χ0) is 13.6. The van der Waals surface area contributed by atoms with Gasteiger partial charge in [-0.3, -0.25) is 0 Å². The van der Waals surface area contributed by atoms with Crippen LogP contribution in [0, 0.1) is 0 Å². The Morgan fingerprint density at radius 3 is 2.90 bits per heavy atom. The van der Waals surface area contributed by atoms with Crippen molar-refractivity contribution < 1.29 is 4.74 Å². The van der Waals surface area contributed by atoms with Crippen LogP contribution in [0.3, 0.4) is 0 Å². The Morgan fingerprint density at radius 1 is 1.20 bits per heavy atom. The molecule has 0 radical (unpaired) electrons. The number of hydrogen-bond acceptors (Lipinski definition) is 3. The molecule has 1 N–H and O–H groups in total. The molecule has 3 rings (SSSR count). The van der Waals surface area contributed by atoms with Crippen LogP contribution in [-0.4, -0.2) is 19.3 Å². The predicted molar refractivity (Wildman–Crippen MR) is 85.1 cm³/mol. The molecule has 1 aromatic carbocycles. The van der Waals surface area contributed by atoms with Crippen LogP contribution in [0.4, 0.5) is 0 Å². The number of nitrogens with one attached hydrogen (secondary N) is 1. The Hall–Kier alpha value is -1.16. The van der Waals surface area contributed by atoms with E-state index in [2.05, 4.69) is 47.1 Å². The van der Waals surface area contributed by atoms with Gasteiger partial charge in [-0.05, 0) is 48.4 Å². The molecule has 20 heavy (non-hydrogen) atoms. The summed E-state index contributed by atoms with van der Waals surface area (Å²) in [5, 5.41) is 5.77. The van der Waals surface area contributed by atoms with Crippen molar-refractivity contribution in [3.8, 4) is 11.1 Å². The fraction of sp³-hybridized carbons (Fsp3) is 0.412. The molecule has 2 aromatic rings. The molecule has 2 nitrogen and oxygen atoms in total. The fourth-order valence-electron chi connectivity index (χ4n) is 2.60. The van der Waals surface area contributed by atoms with Gasteiger partial charge in [0.2, 0.25) is 0 Å². The number of ether oxygens (including phenoxy) is 1. The summed E-state index contributed by atoms with van der Waals surface area (Å²) in [5.74, 6) is 0. The third-order valence-electron chi connectivity index (χ3n) is 3.73. The quantitative estimate of drug-likeness (QED) is 0.809. The van der Waals surface area contributed by atoms with Gasteiger partial charge in [0.05, 0.1) is 6.10 Å². The van der Waals surface area contributed by atoms with E-state index in [1.54, 1.807) is 0 Å². The van der Waals surface area contributed by atoms with E-state index in [4.69, 9.17) is 4.74 Å².